The van der Waals surface area contributed by atoms with Crippen LogP contribution < -0.4 is 5.32 Å². The number of imidazole rings is 1. The highest BCUT2D eigenvalue weighted by Gasteiger charge is 2.00. The number of aromatic amines is 1. The lowest BCUT2D eigenvalue weighted by Crippen LogP contribution is -2.25. The second-order valence-corrected chi connectivity index (χ2v) is 3.76. The van der Waals surface area contributed by atoms with Crippen LogP contribution in [-0.4, -0.2) is 36.1 Å². The minimum Gasteiger partial charge on any atom is -0.468 e. The van der Waals surface area contributed by atoms with Crippen LogP contribution >= 0.6 is 0 Å². The minimum atomic E-state index is -0.242. The van der Waals surface area contributed by atoms with Gasteiger partial charge in [-0.3, -0.25) is 4.79 Å². The highest BCUT2D eigenvalue weighted by Crippen LogP contribution is 2.11. The second kappa shape index (κ2) is 5.45. The van der Waals surface area contributed by atoms with E-state index in [1.54, 1.807) is 6.33 Å². The van der Waals surface area contributed by atoms with Crippen molar-refractivity contribution in [2.45, 2.75) is 6.42 Å². The van der Waals surface area contributed by atoms with E-state index in [0.29, 0.717) is 0 Å². The van der Waals surface area contributed by atoms with Gasteiger partial charge in [0.15, 0.2) is 0 Å². The largest absolute Gasteiger partial charge is 0.468 e. The lowest BCUT2D eigenvalue weighted by atomic mass is 10.1. The predicted octanol–water partition coefficient (Wildman–Crippen LogP) is 0.868. The molecule has 90 valence electrons. The van der Waals surface area contributed by atoms with Gasteiger partial charge >= 0.3 is 5.97 Å². The fraction of sp³-hybridized carbons (Fsp3) is 0.333. The number of carbonyl (C=O) groups excluding carboxylic acids is 1. The first-order valence-corrected chi connectivity index (χ1v) is 5.49. The molecule has 5 heteroatoms. The average molecular weight is 233 g/mol. The summed E-state index contributed by atoms with van der Waals surface area (Å²) in [5.74, 6) is -0.242. The summed E-state index contributed by atoms with van der Waals surface area (Å²) in [5, 5.41) is 3.03. The third-order valence-corrected chi connectivity index (χ3v) is 2.57. The molecule has 0 bridgehead atoms. The van der Waals surface area contributed by atoms with Crippen molar-refractivity contribution >= 4 is 17.0 Å². The number of nitrogens with zero attached hydrogens (tertiary/aromatic N) is 1. The number of ether oxygens (including phenoxy) is 1. The Bertz CT molecular complexity index is 507. The Morgan fingerprint density at radius 1 is 1.53 bits per heavy atom. The minimum absolute atomic E-state index is 0.242. The lowest BCUT2D eigenvalue weighted by molar-refractivity contribution is -0.139. The third kappa shape index (κ3) is 3.04. The number of benzene rings is 1. The van der Waals surface area contributed by atoms with Gasteiger partial charge in [0.05, 0.1) is 31.0 Å². The molecule has 17 heavy (non-hydrogen) atoms. The van der Waals surface area contributed by atoms with E-state index in [4.69, 9.17) is 0 Å². The molecule has 0 aliphatic carbocycles. The number of esters is 1. The molecule has 2 aromatic rings. The molecule has 0 aliphatic rings. The maximum atomic E-state index is 10.9. The Hall–Kier alpha value is -1.88. The first-order valence-electron chi connectivity index (χ1n) is 5.49. The number of H-pyrrole nitrogens is 1. The van der Waals surface area contributed by atoms with Gasteiger partial charge in [0, 0.05) is 0 Å². The molecule has 0 unspecified atom stereocenters. The molecule has 0 spiro atoms. The SMILES string of the molecule is COC(=O)CNCCc1ccc2nc[nH]c2c1. The molecule has 0 fully saturated rings. The summed E-state index contributed by atoms with van der Waals surface area (Å²) in [4.78, 5) is 18.1. The van der Waals surface area contributed by atoms with Crippen LogP contribution in [0.2, 0.25) is 0 Å². The lowest BCUT2D eigenvalue weighted by Gasteiger charge is -2.03. The van der Waals surface area contributed by atoms with Gasteiger partial charge < -0.3 is 15.0 Å². The average Bonchev–Trinajstić information content (AvgIpc) is 2.81. The number of hydrogen-bond donors (Lipinski definition) is 2. The monoisotopic (exact) mass is 233 g/mol. The zero-order chi connectivity index (χ0) is 12.1. The van der Waals surface area contributed by atoms with E-state index in [0.717, 1.165) is 24.0 Å². The highest BCUT2D eigenvalue weighted by molar-refractivity contribution is 5.75. The number of nitrogens with one attached hydrogen (secondary N) is 2. The summed E-state index contributed by atoms with van der Waals surface area (Å²) in [6.45, 7) is 0.998. The summed E-state index contributed by atoms with van der Waals surface area (Å²) in [5.41, 5.74) is 3.21. The molecule has 2 rings (SSSR count). The van der Waals surface area contributed by atoms with Crippen molar-refractivity contribution in [2.75, 3.05) is 20.2 Å². The van der Waals surface area contributed by atoms with Crippen LogP contribution in [0.25, 0.3) is 11.0 Å². The van der Waals surface area contributed by atoms with E-state index in [1.165, 1.54) is 12.7 Å². The smallest absolute Gasteiger partial charge is 0.319 e. The molecule has 0 amide bonds. The van der Waals surface area contributed by atoms with E-state index in [9.17, 15) is 4.79 Å². The van der Waals surface area contributed by atoms with Crippen molar-refractivity contribution in [3.63, 3.8) is 0 Å². The maximum absolute atomic E-state index is 10.9. The van der Waals surface area contributed by atoms with Crippen LogP contribution in [0.3, 0.4) is 0 Å². The van der Waals surface area contributed by atoms with Crippen LogP contribution in [0.1, 0.15) is 5.56 Å². The van der Waals surface area contributed by atoms with Crippen LogP contribution in [0.15, 0.2) is 24.5 Å². The number of fused-ring (bicyclic) bond motifs is 1. The first kappa shape index (κ1) is 11.6. The molecule has 1 heterocycles. The van der Waals surface area contributed by atoms with Crippen LogP contribution in [0, 0.1) is 0 Å². The third-order valence-electron chi connectivity index (χ3n) is 2.57. The quantitative estimate of drug-likeness (QED) is 0.594. The van der Waals surface area contributed by atoms with Crippen molar-refractivity contribution in [3.05, 3.63) is 30.1 Å². The number of hydrogen-bond acceptors (Lipinski definition) is 4. The Morgan fingerprint density at radius 3 is 3.24 bits per heavy atom. The molecule has 0 saturated carbocycles. The second-order valence-electron chi connectivity index (χ2n) is 3.76. The number of methoxy groups -OCH3 is 1. The van der Waals surface area contributed by atoms with Crippen molar-refractivity contribution in [1.82, 2.24) is 15.3 Å². The summed E-state index contributed by atoms with van der Waals surface area (Å²) in [7, 11) is 1.39. The Balaban J connectivity index is 1.84. The predicted molar refractivity (Wildman–Crippen MR) is 64.7 cm³/mol. The van der Waals surface area contributed by atoms with E-state index in [1.807, 2.05) is 12.1 Å². The van der Waals surface area contributed by atoms with Crippen LogP contribution in [0.4, 0.5) is 0 Å². The van der Waals surface area contributed by atoms with E-state index >= 15 is 0 Å². The van der Waals surface area contributed by atoms with Gasteiger partial charge in [0.2, 0.25) is 0 Å². The summed E-state index contributed by atoms with van der Waals surface area (Å²) >= 11 is 0. The summed E-state index contributed by atoms with van der Waals surface area (Å²) < 4.78 is 4.54. The molecule has 0 radical (unpaired) electrons. The summed E-state index contributed by atoms with van der Waals surface area (Å²) in [6, 6.07) is 6.10. The molecular formula is C12H15N3O2. The van der Waals surface area contributed by atoms with Crippen LogP contribution in [0.5, 0.6) is 0 Å². The van der Waals surface area contributed by atoms with Gasteiger partial charge in [-0.1, -0.05) is 6.07 Å². The topological polar surface area (TPSA) is 67.0 Å². The Morgan fingerprint density at radius 2 is 2.41 bits per heavy atom. The molecule has 2 N–H and O–H groups in total. The van der Waals surface area contributed by atoms with E-state index < -0.39 is 0 Å². The zero-order valence-corrected chi connectivity index (χ0v) is 9.69. The van der Waals surface area contributed by atoms with Gasteiger partial charge in [0.25, 0.3) is 0 Å². The fourth-order valence-electron chi connectivity index (χ4n) is 1.63. The van der Waals surface area contributed by atoms with Crippen molar-refractivity contribution in [1.29, 1.82) is 0 Å². The number of rotatable bonds is 5. The van der Waals surface area contributed by atoms with Crippen molar-refractivity contribution < 1.29 is 9.53 Å². The van der Waals surface area contributed by atoms with Gasteiger partial charge in [-0.15, -0.1) is 0 Å². The van der Waals surface area contributed by atoms with Crippen molar-refractivity contribution in [2.24, 2.45) is 0 Å². The maximum Gasteiger partial charge on any atom is 0.319 e. The van der Waals surface area contributed by atoms with E-state index in [-0.39, 0.29) is 12.5 Å². The first-order chi connectivity index (χ1) is 8.29. The molecule has 1 aromatic heterocycles. The van der Waals surface area contributed by atoms with Gasteiger partial charge in [-0.05, 0) is 30.7 Å². The van der Waals surface area contributed by atoms with E-state index in [2.05, 4.69) is 26.1 Å². The molecule has 5 nitrogen and oxygen atoms in total. The Kier molecular flexibility index (Phi) is 3.72. The Labute approximate surface area is 99.2 Å². The van der Waals surface area contributed by atoms with Gasteiger partial charge in [-0.2, -0.15) is 0 Å². The number of carbonyl (C=O) groups is 1. The summed E-state index contributed by atoms with van der Waals surface area (Å²) in [6.07, 6.45) is 2.55. The molecule has 0 atom stereocenters. The normalized spacial score (nSPS) is 10.6. The zero-order valence-electron chi connectivity index (χ0n) is 9.69. The highest BCUT2D eigenvalue weighted by atomic mass is 16.5. The molecule has 0 saturated heterocycles. The molecular weight excluding hydrogens is 218 g/mol. The van der Waals surface area contributed by atoms with Crippen LogP contribution in [-0.2, 0) is 16.0 Å². The molecule has 1 aromatic carbocycles. The molecule has 0 aliphatic heterocycles. The van der Waals surface area contributed by atoms with Gasteiger partial charge in [0.1, 0.15) is 0 Å². The standard InChI is InChI=1S/C12H15N3O2/c1-17-12(16)7-13-5-4-9-2-3-10-11(6-9)15-8-14-10/h2-3,6,8,13H,4-5,7H2,1H3,(H,14,15). The van der Waals surface area contributed by atoms with Crippen molar-refractivity contribution in [3.8, 4) is 0 Å². The number of aromatic nitrogens is 2. The fourth-order valence-corrected chi connectivity index (χ4v) is 1.63. The van der Waals surface area contributed by atoms with Gasteiger partial charge in [-0.25, -0.2) is 4.98 Å².